The van der Waals surface area contributed by atoms with Crippen LogP contribution in [0.1, 0.15) is 40.2 Å². The zero-order valence-electron chi connectivity index (χ0n) is 15.6. The van der Waals surface area contributed by atoms with E-state index in [0.717, 1.165) is 10.8 Å². The lowest BCUT2D eigenvalue weighted by Crippen LogP contribution is -2.51. The van der Waals surface area contributed by atoms with Crippen molar-refractivity contribution < 1.29 is 9.53 Å². The summed E-state index contributed by atoms with van der Waals surface area (Å²) in [6.07, 6.45) is 0. The van der Waals surface area contributed by atoms with Gasteiger partial charge in [0.15, 0.2) is 0 Å². The summed E-state index contributed by atoms with van der Waals surface area (Å²) in [5, 5.41) is 12.5. The molecule has 0 saturated heterocycles. The summed E-state index contributed by atoms with van der Waals surface area (Å²) in [6, 6.07) is 10.9. The molecule has 0 saturated carbocycles. The maximum Gasteiger partial charge on any atom is 0.331 e. The third kappa shape index (κ3) is 4.57. The van der Waals surface area contributed by atoms with E-state index in [0.29, 0.717) is 17.9 Å². The monoisotopic (exact) mass is 341 g/mol. The molecule has 0 fully saturated rings. The Balaban J connectivity index is 2.30. The average molecular weight is 341 g/mol. The van der Waals surface area contributed by atoms with E-state index in [1.54, 1.807) is 12.1 Å². The Morgan fingerprint density at radius 1 is 1.08 bits per heavy atom. The van der Waals surface area contributed by atoms with Gasteiger partial charge in [-0.2, -0.15) is 0 Å². The standard InChI is InChI=1S/C20H27N3O2/c1-19(2,3)12-23-20(4,5)18(24)25-16-11-10-15(17(21)22)13-8-6-7-9-14(13)16/h6-11,23H,12H2,1-5H3,(H3,21,22). The van der Waals surface area contributed by atoms with Crippen molar-refractivity contribution in [1.29, 1.82) is 5.41 Å². The summed E-state index contributed by atoms with van der Waals surface area (Å²) < 4.78 is 5.68. The van der Waals surface area contributed by atoms with Gasteiger partial charge in [-0.25, -0.2) is 4.79 Å². The molecule has 4 N–H and O–H groups in total. The lowest BCUT2D eigenvalue weighted by Gasteiger charge is -2.29. The zero-order chi connectivity index (χ0) is 18.8. The van der Waals surface area contributed by atoms with E-state index in [1.807, 2.05) is 38.1 Å². The highest BCUT2D eigenvalue weighted by molar-refractivity contribution is 6.09. The maximum absolute atomic E-state index is 12.7. The molecule has 5 heteroatoms. The van der Waals surface area contributed by atoms with E-state index in [1.165, 1.54) is 0 Å². The number of hydrogen-bond donors (Lipinski definition) is 3. The maximum atomic E-state index is 12.7. The number of hydrogen-bond acceptors (Lipinski definition) is 4. The first-order valence-electron chi connectivity index (χ1n) is 8.35. The summed E-state index contributed by atoms with van der Waals surface area (Å²) in [5.74, 6) is 0.106. The summed E-state index contributed by atoms with van der Waals surface area (Å²) >= 11 is 0. The number of benzene rings is 2. The third-order valence-electron chi connectivity index (χ3n) is 3.95. The lowest BCUT2D eigenvalue weighted by molar-refractivity contribution is -0.140. The Labute approximate surface area is 149 Å². The molecule has 0 aliphatic heterocycles. The van der Waals surface area contributed by atoms with Crippen LogP contribution in [-0.2, 0) is 4.79 Å². The van der Waals surface area contributed by atoms with Crippen molar-refractivity contribution in [2.24, 2.45) is 11.1 Å². The van der Waals surface area contributed by atoms with Crippen LogP contribution < -0.4 is 15.8 Å². The lowest BCUT2D eigenvalue weighted by atomic mass is 9.94. The van der Waals surface area contributed by atoms with Crippen LogP contribution in [0.4, 0.5) is 0 Å². The first kappa shape index (κ1) is 18.9. The molecule has 0 aliphatic rings. The fourth-order valence-electron chi connectivity index (χ4n) is 2.38. The molecule has 0 amide bonds. The smallest absolute Gasteiger partial charge is 0.331 e. The van der Waals surface area contributed by atoms with E-state index in [-0.39, 0.29) is 17.2 Å². The van der Waals surface area contributed by atoms with Gasteiger partial charge in [-0.05, 0) is 36.8 Å². The number of carbonyl (C=O) groups excluding carboxylic acids is 1. The van der Waals surface area contributed by atoms with Crippen LogP contribution in [-0.4, -0.2) is 23.9 Å². The Morgan fingerprint density at radius 3 is 2.24 bits per heavy atom. The number of carbonyl (C=O) groups is 1. The second-order valence-electron chi connectivity index (χ2n) is 8.00. The minimum Gasteiger partial charge on any atom is -0.425 e. The van der Waals surface area contributed by atoms with Gasteiger partial charge in [0.25, 0.3) is 0 Å². The van der Waals surface area contributed by atoms with Gasteiger partial charge >= 0.3 is 5.97 Å². The van der Waals surface area contributed by atoms with Crippen LogP contribution in [0, 0.1) is 10.8 Å². The van der Waals surface area contributed by atoms with Crippen molar-refractivity contribution in [1.82, 2.24) is 5.32 Å². The van der Waals surface area contributed by atoms with Gasteiger partial charge in [0.2, 0.25) is 0 Å². The minimum atomic E-state index is -0.812. The molecule has 2 rings (SSSR count). The Morgan fingerprint density at radius 2 is 1.68 bits per heavy atom. The van der Waals surface area contributed by atoms with Crippen LogP contribution in [0.25, 0.3) is 10.8 Å². The number of nitrogens with two attached hydrogens (primary N) is 1. The van der Waals surface area contributed by atoms with Crippen LogP contribution in [0.5, 0.6) is 5.75 Å². The molecule has 0 radical (unpaired) electrons. The first-order valence-corrected chi connectivity index (χ1v) is 8.35. The van der Waals surface area contributed by atoms with Crippen molar-refractivity contribution in [3.8, 4) is 5.75 Å². The molecule has 0 unspecified atom stereocenters. The van der Waals surface area contributed by atoms with Gasteiger partial charge < -0.3 is 15.8 Å². The Hall–Kier alpha value is -2.40. The Bertz CT molecular complexity index is 804. The highest BCUT2D eigenvalue weighted by Gasteiger charge is 2.31. The molecular formula is C20H27N3O2. The molecule has 0 atom stereocenters. The molecule has 0 aliphatic carbocycles. The predicted molar refractivity (Wildman–Crippen MR) is 102 cm³/mol. The normalized spacial score (nSPS) is 12.2. The minimum absolute atomic E-state index is 0.0127. The van der Waals surface area contributed by atoms with Crippen molar-refractivity contribution in [3.63, 3.8) is 0 Å². The highest BCUT2D eigenvalue weighted by atomic mass is 16.5. The van der Waals surface area contributed by atoms with Gasteiger partial charge in [-0.3, -0.25) is 5.41 Å². The fraction of sp³-hybridized carbons (Fsp3) is 0.400. The number of fused-ring (bicyclic) bond motifs is 1. The second-order valence-corrected chi connectivity index (χ2v) is 8.00. The summed E-state index contributed by atoms with van der Waals surface area (Å²) in [4.78, 5) is 12.7. The molecule has 0 bridgehead atoms. The van der Waals surface area contributed by atoms with Crippen LogP contribution in [0.15, 0.2) is 36.4 Å². The van der Waals surface area contributed by atoms with E-state index >= 15 is 0 Å². The summed E-state index contributed by atoms with van der Waals surface area (Å²) in [6.45, 7) is 10.6. The number of nitrogens with one attached hydrogen (secondary N) is 2. The van der Waals surface area contributed by atoms with Crippen LogP contribution in [0.3, 0.4) is 0 Å². The van der Waals surface area contributed by atoms with Gasteiger partial charge in [0.05, 0.1) is 0 Å². The van der Waals surface area contributed by atoms with Crippen LogP contribution in [0.2, 0.25) is 0 Å². The van der Waals surface area contributed by atoms with Crippen molar-refractivity contribution in [2.75, 3.05) is 6.54 Å². The SMILES string of the molecule is CC(C)(C)CNC(C)(C)C(=O)Oc1ccc(C(=N)N)c2ccccc12. The Kier molecular flexibility index (Phi) is 5.18. The molecule has 0 aromatic heterocycles. The molecule has 134 valence electrons. The average Bonchev–Trinajstić information content (AvgIpc) is 2.52. The number of nitrogen functional groups attached to an aromatic ring is 1. The number of esters is 1. The zero-order valence-corrected chi connectivity index (χ0v) is 15.6. The largest absolute Gasteiger partial charge is 0.425 e. The predicted octanol–water partition coefficient (Wildman–Crippen LogP) is 3.44. The molecule has 2 aromatic carbocycles. The second kappa shape index (κ2) is 6.84. The van der Waals surface area contributed by atoms with E-state index in [2.05, 4.69) is 26.1 Å². The number of ether oxygens (including phenoxy) is 1. The fourth-order valence-corrected chi connectivity index (χ4v) is 2.38. The van der Waals surface area contributed by atoms with E-state index in [9.17, 15) is 4.79 Å². The van der Waals surface area contributed by atoms with Crippen molar-refractivity contribution in [2.45, 2.75) is 40.2 Å². The van der Waals surface area contributed by atoms with Gasteiger partial charge in [-0.15, -0.1) is 0 Å². The topological polar surface area (TPSA) is 88.2 Å². The number of amidine groups is 1. The quantitative estimate of drug-likeness (QED) is 0.336. The number of rotatable bonds is 5. The van der Waals surface area contributed by atoms with Gasteiger partial charge in [-0.1, -0.05) is 45.0 Å². The van der Waals surface area contributed by atoms with Crippen molar-refractivity contribution >= 4 is 22.6 Å². The van der Waals surface area contributed by atoms with Gasteiger partial charge in [0, 0.05) is 17.5 Å². The highest BCUT2D eigenvalue weighted by Crippen LogP contribution is 2.29. The van der Waals surface area contributed by atoms with E-state index < -0.39 is 5.54 Å². The molecule has 25 heavy (non-hydrogen) atoms. The molecule has 5 nitrogen and oxygen atoms in total. The van der Waals surface area contributed by atoms with Crippen LogP contribution >= 0.6 is 0 Å². The van der Waals surface area contributed by atoms with E-state index in [4.69, 9.17) is 15.9 Å². The summed E-state index contributed by atoms with van der Waals surface area (Å²) in [5.41, 5.74) is 5.52. The molecule has 0 spiro atoms. The first-order chi connectivity index (χ1) is 11.5. The molecule has 0 heterocycles. The summed E-state index contributed by atoms with van der Waals surface area (Å²) in [7, 11) is 0. The third-order valence-corrected chi connectivity index (χ3v) is 3.95. The molecule has 2 aromatic rings. The molecular weight excluding hydrogens is 314 g/mol. The van der Waals surface area contributed by atoms with Crippen molar-refractivity contribution in [3.05, 3.63) is 42.0 Å². The van der Waals surface area contributed by atoms with Gasteiger partial charge in [0.1, 0.15) is 17.1 Å².